The Morgan fingerprint density at radius 1 is 1.41 bits per heavy atom. The fraction of sp³-hybridized carbons (Fsp3) is 0.333. The van der Waals surface area contributed by atoms with Crippen LogP contribution in [-0.2, 0) is 10.0 Å². The molecule has 0 saturated heterocycles. The van der Waals surface area contributed by atoms with Gasteiger partial charge in [0.25, 0.3) is 0 Å². The van der Waals surface area contributed by atoms with Crippen LogP contribution < -0.4 is 5.73 Å². The molecule has 4 nitrogen and oxygen atoms in total. The molecule has 92 valence electrons. The number of sulfonamides is 1. The first-order valence-electron chi connectivity index (χ1n) is 5.32. The zero-order chi connectivity index (χ0) is 12.9. The van der Waals surface area contributed by atoms with E-state index in [9.17, 15) is 8.42 Å². The summed E-state index contributed by atoms with van der Waals surface area (Å²) >= 11 is 0. The monoisotopic (exact) mass is 252 g/mol. The largest absolute Gasteiger partial charge is 0.398 e. The van der Waals surface area contributed by atoms with Crippen LogP contribution in [0.1, 0.15) is 13.3 Å². The molecule has 0 radical (unpaired) electrons. The highest BCUT2D eigenvalue weighted by molar-refractivity contribution is 7.89. The van der Waals surface area contributed by atoms with Gasteiger partial charge in [-0.15, -0.1) is 6.42 Å². The molecule has 0 atom stereocenters. The number of rotatable bonds is 5. The molecule has 2 N–H and O–H groups in total. The number of nitrogens with two attached hydrogens (primary N) is 1. The number of nitrogen functional groups attached to an aromatic ring is 1. The van der Waals surface area contributed by atoms with Crippen molar-refractivity contribution < 1.29 is 8.42 Å². The quantitative estimate of drug-likeness (QED) is 0.634. The topological polar surface area (TPSA) is 63.4 Å². The summed E-state index contributed by atoms with van der Waals surface area (Å²) < 4.78 is 25.8. The van der Waals surface area contributed by atoms with E-state index in [1.54, 1.807) is 18.2 Å². The maximum absolute atomic E-state index is 12.3. The Kier molecular flexibility index (Phi) is 4.55. The van der Waals surface area contributed by atoms with Gasteiger partial charge in [-0.05, 0) is 18.6 Å². The molecule has 0 amide bonds. The Morgan fingerprint density at radius 3 is 2.59 bits per heavy atom. The Labute approximate surface area is 102 Å². The predicted octanol–water partition coefficient (Wildman–Crippen LogP) is 1.30. The van der Waals surface area contributed by atoms with Crippen LogP contribution in [0.15, 0.2) is 29.2 Å². The normalized spacial score (nSPS) is 11.4. The zero-order valence-corrected chi connectivity index (χ0v) is 10.6. The van der Waals surface area contributed by atoms with Crippen LogP contribution in [0.3, 0.4) is 0 Å². The van der Waals surface area contributed by atoms with Gasteiger partial charge in [-0.1, -0.05) is 25.0 Å². The molecule has 0 aromatic heterocycles. The Hall–Kier alpha value is -1.51. The number of benzene rings is 1. The SMILES string of the molecule is C#CCN(CCC)S(=O)(=O)c1ccccc1N. The van der Waals surface area contributed by atoms with Crippen LogP contribution in [-0.4, -0.2) is 25.8 Å². The summed E-state index contributed by atoms with van der Waals surface area (Å²) in [6.07, 6.45) is 5.89. The van der Waals surface area contributed by atoms with E-state index in [1.165, 1.54) is 10.4 Å². The van der Waals surface area contributed by atoms with Crippen molar-refractivity contribution >= 4 is 15.7 Å². The smallest absolute Gasteiger partial charge is 0.245 e. The second kappa shape index (κ2) is 5.71. The van der Waals surface area contributed by atoms with Gasteiger partial charge in [-0.3, -0.25) is 0 Å². The van der Waals surface area contributed by atoms with Crippen molar-refractivity contribution in [3.8, 4) is 12.3 Å². The predicted molar refractivity (Wildman–Crippen MR) is 68.7 cm³/mol. The maximum Gasteiger partial charge on any atom is 0.245 e. The minimum absolute atomic E-state index is 0.0600. The molecule has 17 heavy (non-hydrogen) atoms. The summed E-state index contributed by atoms with van der Waals surface area (Å²) in [6.45, 7) is 2.35. The summed E-state index contributed by atoms with van der Waals surface area (Å²) in [4.78, 5) is 0.115. The van der Waals surface area contributed by atoms with E-state index in [1.807, 2.05) is 6.92 Å². The molecule has 0 saturated carbocycles. The molecule has 1 aromatic carbocycles. The minimum atomic E-state index is -3.59. The van der Waals surface area contributed by atoms with Crippen molar-refractivity contribution in [2.24, 2.45) is 0 Å². The third kappa shape index (κ3) is 2.99. The van der Waals surface area contributed by atoms with Crippen LogP contribution in [0, 0.1) is 12.3 Å². The fourth-order valence-electron chi connectivity index (χ4n) is 1.49. The van der Waals surface area contributed by atoms with Gasteiger partial charge in [0.05, 0.1) is 12.2 Å². The molecule has 1 aromatic rings. The summed E-state index contributed by atoms with van der Waals surface area (Å²) in [5, 5.41) is 0. The number of hydrogen-bond donors (Lipinski definition) is 1. The van der Waals surface area contributed by atoms with Gasteiger partial charge in [0.15, 0.2) is 0 Å². The molecule has 0 fully saturated rings. The third-order valence-electron chi connectivity index (χ3n) is 2.28. The van der Waals surface area contributed by atoms with E-state index < -0.39 is 10.0 Å². The van der Waals surface area contributed by atoms with E-state index in [-0.39, 0.29) is 17.1 Å². The van der Waals surface area contributed by atoms with Crippen molar-refractivity contribution in [1.82, 2.24) is 4.31 Å². The molecule has 0 unspecified atom stereocenters. The van der Waals surface area contributed by atoms with E-state index in [0.29, 0.717) is 13.0 Å². The maximum atomic E-state index is 12.3. The summed E-state index contributed by atoms with van der Waals surface area (Å²) in [7, 11) is -3.59. The van der Waals surface area contributed by atoms with Gasteiger partial charge in [0, 0.05) is 6.54 Å². The number of anilines is 1. The Balaban J connectivity index is 3.18. The summed E-state index contributed by atoms with van der Waals surface area (Å²) in [5.74, 6) is 2.35. The number of terminal acetylenes is 1. The van der Waals surface area contributed by atoms with Crippen molar-refractivity contribution in [3.05, 3.63) is 24.3 Å². The van der Waals surface area contributed by atoms with E-state index in [0.717, 1.165) is 0 Å². The second-order valence-electron chi connectivity index (χ2n) is 3.58. The molecule has 0 aliphatic heterocycles. The zero-order valence-electron chi connectivity index (χ0n) is 9.76. The minimum Gasteiger partial charge on any atom is -0.398 e. The van der Waals surface area contributed by atoms with Crippen molar-refractivity contribution in [3.63, 3.8) is 0 Å². The van der Waals surface area contributed by atoms with Gasteiger partial charge in [0.2, 0.25) is 10.0 Å². The van der Waals surface area contributed by atoms with Crippen molar-refractivity contribution in [1.29, 1.82) is 0 Å². The van der Waals surface area contributed by atoms with E-state index in [2.05, 4.69) is 5.92 Å². The van der Waals surface area contributed by atoms with Crippen LogP contribution in [0.25, 0.3) is 0 Å². The molecule has 0 spiro atoms. The lowest BCUT2D eigenvalue weighted by Gasteiger charge is -2.19. The van der Waals surface area contributed by atoms with Crippen molar-refractivity contribution in [2.75, 3.05) is 18.8 Å². The van der Waals surface area contributed by atoms with Gasteiger partial charge in [-0.2, -0.15) is 4.31 Å². The van der Waals surface area contributed by atoms with Crippen LogP contribution >= 0.6 is 0 Å². The van der Waals surface area contributed by atoms with Crippen molar-refractivity contribution in [2.45, 2.75) is 18.2 Å². The third-order valence-corrected chi connectivity index (χ3v) is 4.20. The Bertz CT molecular complexity index is 518. The first kappa shape index (κ1) is 13.6. The first-order valence-corrected chi connectivity index (χ1v) is 6.76. The molecule has 0 heterocycles. The number of nitrogens with zero attached hydrogens (tertiary/aromatic N) is 1. The van der Waals surface area contributed by atoms with Crippen LogP contribution in [0.2, 0.25) is 0 Å². The molecule has 0 bridgehead atoms. The van der Waals surface area contributed by atoms with Gasteiger partial charge >= 0.3 is 0 Å². The molecule has 0 aliphatic carbocycles. The summed E-state index contributed by atoms with van der Waals surface area (Å²) in [5.41, 5.74) is 5.92. The number of hydrogen-bond acceptors (Lipinski definition) is 3. The lowest BCUT2D eigenvalue weighted by Crippen LogP contribution is -2.32. The fourth-order valence-corrected chi connectivity index (χ4v) is 3.05. The molecule has 1 rings (SSSR count). The molecule has 0 aliphatic rings. The second-order valence-corrected chi connectivity index (χ2v) is 5.49. The molecular weight excluding hydrogens is 236 g/mol. The van der Waals surface area contributed by atoms with Gasteiger partial charge in [0.1, 0.15) is 4.90 Å². The first-order chi connectivity index (χ1) is 8.04. The number of para-hydroxylation sites is 1. The van der Waals surface area contributed by atoms with Crippen LogP contribution in [0.4, 0.5) is 5.69 Å². The van der Waals surface area contributed by atoms with Gasteiger partial charge in [-0.25, -0.2) is 8.42 Å². The molecule has 5 heteroatoms. The molecular formula is C12H16N2O2S. The highest BCUT2D eigenvalue weighted by Gasteiger charge is 2.24. The lowest BCUT2D eigenvalue weighted by molar-refractivity contribution is 0.446. The van der Waals surface area contributed by atoms with Gasteiger partial charge < -0.3 is 5.73 Å². The highest BCUT2D eigenvalue weighted by Crippen LogP contribution is 2.21. The lowest BCUT2D eigenvalue weighted by atomic mass is 10.3. The summed E-state index contributed by atoms with van der Waals surface area (Å²) in [6, 6.07) is 6.39. The standard InChI is InChI=1S/C12H16N2O2S/c1-3-9-14(10-4-2)17(15,16)12-8-6-5-7-11(12)13/h1,5-8H,4,9-10,13H2,2H3. The average molecular weight is 252 g/mol. The van der Waals surface area contributed by atoms with Crippen LogP contribution in [0.5, 0.6) is 0 Å². The Morgan fingerprint density at radius 2 is 2.06 bits per heavy atom. The average Bonchev–Trinajstić information content (AvgIpc) is 2.29. The highest BCUT2D eigenvalue weighted by atomic mass is 32.2. The van der Waals surface area contributed by atoms with E-state index >= 15 is 0 Å². The van der Waals surface area contributed by atoms with E-state index in [4.69, 9.17) is 12.2 Å².